The maximum absolute atomic E-state index is 13.3. The minimum Gasteiger partial charge on any atom is -0.444 e. The number of nitrogens with one attached hydrogen (secondary N) is 1. The Morgan fingerprint density at radius 3 is 2.17 bits per heavy atom. The Labute approximate surface area is 147 Å². The summed E-state index contributed by atoms with van der Waals surface area (Å²) in [5.74, 6) is 0.0560. The maximum atomic E-state index is 13.3. The molecule has 1 rings (SSSR count). The number of alkyl carbamates (subject to hydrolysis) is 1. The zero-order valence-electron chi connectivity index (χ0n) is 16.0. The summed E-state index contributed by atoms with van der Waals surface area (Å²) in [6.45, 7) is 13.5. The number of benzene rings is 1. The minimum absolute atomic E-state index is 0.0560. The number of carbonyl (C=O) groups is 2. The second-order valence-electron chi connectivity index (χ2n) is 7.86. The zero-order valence-corrected chi connectivity index (χ0v) is 17.0. The van der Waals surface area contributed by atoms with Gasteiger partial charge in [-0.15, -0.1) is 0 Å². The van der Waals surface area contributed by atoms with Crippen LogP contribution in [-0.2, 0) is 9.53 Å². The predicted molar refractivity (Wildman–Crippen MR) is 101 cm³/mol. The molecule has 5 heteroatoms. The van der Waals surface area contributed by atoms with Crippen LogP contribution in [0.3, 0.4) is 0 Å². The summed E-state index contributed by atoms with van der Waals surface area (Å²) in [6.07, 6.45) is 0.282. The summed E-state index contributed by atoms with van der Waals surface area (Å²) < 4.78 is 5.34. The van der Waals surface area contributed by atoms with Gasteiger partial charge in [0, 0.05) is 0 Å². The smallest absolute Gasteiger partial charge is 0.408 e. The lowest BCUT2D eigenvalue weighted by molar-refractivity contribution is -0.115. The van der Waals surface area contributed by atoms with Gasteiger partial charge in [-0.2, -0.15) is 0 Å². The molecule has 0 radical (unpaired) electrons. The van der Waals surface area contributed by atoms with E-state index in [1.54, 1.807) is 0 Å². The van der Waals surface area contributed by atoms with Gasteiger partial charge < -0.3 is 14.8 Å². The van der Waals surface area contributed by atoms with Crippen molar-refractivity contribution in [2.24, 2.45) is 5.92 Å². The molecule has 0 heterocycles. The molecule has 0 saturated heterocycles. The van der Waals surface area contributed by atoms with E-state index in [4.69, 9.17) is 4.74 Å². The van der Waals surface area contributed by atoms with E-state index in [9.17, 15) is 9.59 Å². The number of ether oxygens (including phenoxy) is 1. The third-order valence-corrected chi connectivity index (χ3v) is 7.60. The van der Waals surface area contributed by atoms with Crippen molar-refractivity contribution in [3.05, 3.63) is 30.3 Å². The molecule has 0 spiro atoms. The molecule has 2 atom stereocenters. The molecule has 1 amide bonds. The van der Waals surface area contributed by atoms with Gasteiger partial charge in [0.15, 0.2) is 8.07 Å². The minimum atomic E-state index is -2.36. The van der Waals surface area contributed by atoms with Crippen LogP contribution in [0.25, 0.3) is 0 Å². The lowest BCUT2D eigenvalue weighted by Crippen LogP contribution is -2.60. The highest BCUT2D eigenvalue weighted by molar-refractivity contribution is 7.13. The average Bonchev–Trinajstić information content (AvgIpc) is 2.50. The number of hydrogen-bond donors (Lipinski definition) is 1. The maximum Gasteiger partial charge on any atom is 0.408 e. The summed E-state index contributed by atoms with van der Waals surface area (Å²) >= 11 is 0. The number of hydrogen-bond acceptors (Lipinski definition) is 3. The SMILES string of the molecule is CC[C@H](C)[C@H](NC(=O)OC(C)(C)C)C(=O)[Si](C)(C)c1ccccc1. The Bertz CT molecular complexity index is 564. The Morgan fingerprint density at radius 1 is 1.17 bits per heavy atom. The highest BCUT2D eigenvalue weighted by atomic mass is 28.3. The summed E-state index contributed by atoms with van der Waals surface area (Å²) in [5, 5.41) is 4.04. The summed E-state index contributed by atoms with van der Waals surface area (Å²) in [6, 6.07) is 9.35. The van der Waals surface area contributed by atoms with Crippen LogP contribution in [0, 0.1) is 5.92 Å². The fourth-order valence-electron chi connectivity index (χ4n) is 2.52. The molecule has 0 saturated carbocycles. The Morgan fingerprint density at radius 2 is 1.71 bits per heavy atom. The molecule has 4 nitrogen and oxygen atoms in total. The van der Waals surface area contributed by atoms with E-state index in [1.807, 2.05) is 78.0 Å². The van der Waals surface area contributed by atoms with E-state index >= 15 is 0 Å². The van der Waals surface area contributed by atoms with Crippen molar-refractivity contribution in [2.75, 3.05) is 0 Å². The molecule has 1 N–H and O–H groups in total. The van der Waals surface area contributed by atoms with Gasteiger partial charge in [-0.1, -0.05) is 68.9 Å². The fourth-order valence-corrected chi connectivity index (χ4v) is 4.97. The van der Waals surface area contributed by atoms with Gasteiger partial charge in [0.2, 0.25) is 0 Å². The molecule has 0 unspecified atom stereocenters. The monoisotopic (exact) mass is 349 g/mol. The number of amides is 1. The van der Waals surface area contributed by atoms with Gasteiger partial charge in [0.1, 0.15) is 11.0 Å². The summed E-state index contributed by atoms with van der Waals surface area (Å²) in [5.41, 5.74) is -0.584. The van der Waals surface area contributed by atoms with E-state index in [1.165, 1.54) is 0 Å². The molecule has 0 aliphatic rings. The molecule has 0 aliphatic carbocycles. The van der Waals surface area contributed by atoms with Crippen molar-refractivity contribution < 1.29 is 14.3 Å². The summed E-state index contributed by atoms with van der Waals surface area (Å²) in [4.78, 5) is 25.4. The van der Waals surface area contributed by atoms with Crippen LogP contribution in [0.5, 0.6) is 0 Å². The predicted octanol–water partition coefficient (Wildman–Crippen LogP) is 3.65. The Balaban J connectivity index is 3.03. The van der Waals surface area contributed by atoms with Gasteiger partial charge >= 0.3 is 6.09 Å². The van der Waals surface area contributed by atoms with Crippen LogP contribution in [0.4, 0.5) is 4.79 Å². The van der Waals surface area contributed by atoms with Gasteiger partial charge in [-0.25, -0.2) is 4.79 Å². The molecule has 24 heavy (non-hydrogen) atoms. The van der Waals surface area contributed by atoms with E-state index in [2.05, 4.69) is 5.32 Å². The second-order valence-corrected chi connectivity index (χ2v) is 12.2. The largest absolute Gasteiger partial charge is 0.444 e. The normalized spacial score (nSPS) is 14.6. The van der Waals surface area contributed by atoms with Crippen molar-refractivity contribution >= 4 is 24.8 Å². The van der Waals surface area contributed by atoms with E-state index < -0.39 is 25.8 Å². The summed E-state index contributed by atoms with van der Waals surface area (Å²) in [7, 11) is -2.36. The first-order valence-electron chi connectivity index (χ1n) is 8.58. The van der Waals surface area contributed by atoms with Crippen LogP contribution in [0.15, 0.2) is 30.3 Å². The second kappa shape index (κ2) is 7.97. The van der Waals surface area contributed by atoms with Crippen molar-refractivity contribution in [3.63, 3.8) is 0 Å². The Hall–Kier alpha value is -1.62. The van der Waals surface area contributed by atoms with Crippen LogP contribution < -0.4 is 10.5 Å². The highest BCUT2D eigenvalue weighted by Gasteiger charge is 2.40. The molecule has 134 valence electrons. The third kappa shape index (κ3) is 5.48. The molecule has 0 fully saturated rings. The lowest BCUT2D eigenvalue weighted by atomic mass is 10.0. The molecule has 1 aromatic rings. The van der Waals surface area contributed by atoms with Crippen molar-refractivity contribution in [3.8, 4) is 0 Å². The first kappa shape index (κ1) is 20.4. The van der Waals surface area contributed by atoms with E-state index in [-0.39, 0.29) is 11.3 Å². The van der Waals surface area contributed by atoms with Crippen molar-refractivity contribution in [1.82, 2.24) is 5.32 Å². The first-order chi connectivity index (χ1) is 11.0. The standard InChI is InChI=1S/C19H31NO3Si/c1-8-14(2)16(20-18(22)23-19(3,4)5)17(21)24(6,7)15-12-10-9-11-13-15/h9-14,16H,8H2,1-7H3,(H,20,22)/t14-,16-/m0/s1. The molecular formula is C19H31NO3Si. The molecule has 1 aromatic carbocycles. The van der Waals surface area contributed by atoms with Crippen LogP contribution in [0.2, 0.25) is 13.1 Å². The Kier molecular flexibility index (Phi) is 6.78. The van der Waals surface area contributed by atoms with Crippen LogP contribution in [-0.4, -0.2) is 31.2 Å². The van der Waals surface area contributed by atoms with Crippen LogP contribution >= 0.6 is 0 Å². The number of carbonyl (C=O) groups excluding carboxylic acids is 2. The molecular weight excluding hydrogens is 318 g/mol. The van der Waals surface area contributed by atoms with Crippen molar-refractivity contribution in [2.45, 2.75) is 65.8 Å². The van der Waals surface area contributed by atoms with Gasteiger partial charge in [-0.05, 0) is 26.7 Å². The van der Waals surface area contributed by atoms with Gasteiger partial charge in [0.05, 0.1) is 6.04 Å². The topological polar surface area (TPSA) is 55.4 Å². The average molecular weight is 350 g/mol. The van der Waals surface area contributed by atoms with E-state index in [0.29, 0.717) is 0 Å². The van der Waals surface area contributed by atoms with E-state index in [0.717, 1.165) is 11.6 Å². The quantitative estimate of drug-likeness (QED) is 0.798. The third-order valence-electron chi connectivity index (χ3n) is 4.28. The molecule has 0 bridgehead atoms. The lowest BCUT2D eigenvalue weighted by Gasteiger charge is -2.31. The molecule has 0 aromatic heterocycles. The zero-order chi connectivity index (χ0) is 18.5. The first-order valence-corrected chi connectivity index (χ1v) is 11.6. The van der Waals surface area contributed by atoms with Gasteiger partial charge in [0.25, 0.3) is 0 Å². The molecule has 0 aliphatic heterocycles. The highest BCUT2D eigenvalue weighted by Crippen LogP contribution is 2.17. The van der Waals surface area contributed by atoms with Crippen LogP contribution in [0.1, 0.15) is 41.0 Å². The number of rotatable bonds is 6. The van der Waals surface area contributed by atoms with Gasteiger partial charge in [-0.3, -0.25) is 0 Å². The van der Waals surface area contributed by atoms with Crippen molar-refractivity contribution in [1.29, 1.82) is 0 Å². The fraction of sp³-hybridized carbons (Fsp3) is 0.579.